The minimum Gasteiger partial charge on any atom is -0.300 e. The van der Waals surface area contributed by atoms with Gasteiger partial charge in [0, 0.05) is 31.5 Å². The molecular formula is C16H17NO. The van der Waals surface area contributed by atoms with Crippen molar-refractivity contribution in [3.8, 4) is 0 Å². The number of piperidine rings is 1. The van der Waals surface area contributed by atoms with E-state index in [0.29, 0.717) is 18.6 Å². The van der Waals surface area contributed by atoms with E-state index in [0.717, 1.165) is 13.0 Å². The topological polar surface area (TPSA) is 20.3 Å². The first-order chi connectivity index (χ1) is 8.79. The first kappa shape index (κ1) is 11.5. The number of hydrogen-bond acceptors (Lipinski definition) is 2. The van der Waals surface area contributed by atoms with Crippen molar-refractivity contribution in [1.82, 2.24) is 4.90 Å². The van der Waals surface area contributed by atoms with Gasteiger partial charge >= 0.3 is 0 Å². The second-order valence-corrected chi connectivity index (χ2v) is 5.08. The Hall–Kier alpha value is -1.63. The number of carbonyl (C=O) groups excluding carboxylic acids is 1. The zero-order valence-corrected chi connectivity index (χ0v) is 10.4. The van der Waals surface area contributed by atoms with Gasteiger partial charge in [-0.1, -0.05) is 36.9 Å². The van der Waals surface area contributed by atoms with E-state index < -0.39 is 0 Å². The Morgan fingerprint density at radius 2 is 1.89 bits per heavy atom. The summed E-state index contributed by atoms with van der Waals surface area (Å²) in [7, 11) is 0. The van der Waals surface area contributed by atoms with E-state index in [1.54, 1.807) is 0 Å². The molecule has 2 aliphatic rings. The monoisotopic (exact) mass is 239 g/mol. The van der Waals surface area contributed by atoms with Crippen molar-refractivity contribution in [2.75, 3.05) is 6.54 Å². The fourth-order valence-corrected chi connectivity index (χ4v) is 3.21. The van der Waals surface area contributed by atoms with Gasteiger partial charge in [-0.25, -0.2) is 0 Å². The molecule has 0 amide bonds. The van der Waals surface area contributed by atoms with Crippen molar-refractivity contribution in [3.05, 3.63) is 53.8 Å². The van der Waals surface area contributed by atoms with Gasteiger partial charge in [0.05, 0.1) is 0 Å². The van der Waals surface area contributed by atoms with Crippen LogP contribution in [0, 0.1) is 0 Å². The Labute approximate surface area is 108 Å². The van der Waals surface area contributed by atoms with Crippen LogP contribution in [0.1, 0.15) is 30.9 Å². The quantitative estimate of drug-likeness (QED) is 0.702. The lowest BCUT2D eigenvalue weighted by atomic mass is 9.89. The molecule has 2 fully saturated rings. The van der Waals surface area contributed by atoms with E-state index in [-0.39, 0.29) is 12.1 Å². The maximum absolute atomic E-state index is 12.0. The maximum Gasteiger partial charge on any atom is 0.136 e. The van der Waals surface area contributed by atoms with Crippen LogP contribution in [0.15, 0.2) is 48.2 Å². The average molecular weight is 239 g/mol. The highest BCUT2D eigenvalue weighted by Crippen LogP contribution is 2.39. The third kappa shape index (κ3) is 1.84. The van der Waals surface area contributed by atoms with Gasteiger partial charge in [0.2, 0.25) is 0 Å². The minimum absolute atomic E-state index is 0.239. The highest BCUT2D eigenvalue weighted by molar-refractivity contribution is 5.81. The summed E-state index contributed by atoms with van der Waals surface area (Å²) in [6.45, 7) is 4.78. The molecule has 2 nitrogen and oxygen atoms in total. The smallest absolute Gasteiger partial charge is 0.136 e. The molecule has 0 spiro atoms. The molecule has 2 atom stereocenters. The maximum atomic E-state index is 12.0. The van der Waals surface area contributed by atoms with Crippen molar-refractivity contribution < 1.29 is 4.79 Å². The molecule has 1 aromatic rings. The van der Waals surface area contributed by atoms with Crippen molar-refractivity contribution in [2.45, 2.75) is 31.3 Å². The molecule has 0 bridgehead atoms. The third-order valence-corrected chi connectivity index (χ3v) is 4.10. The Bertz CT molecular complexity index is 513. The van der Waals surface area contributed by atoms with Crippen LogP contribution in [0.25, 0.3) is 0 Å². The number of rotatable bonds is 1. The van der Waals surface area contributed by atoms with Crippen LogP contribution in [0.2, 0.25) is 0 Å². The number of hydrogen-bond donors (Lipinski definition) is 0. The lowest BCUT2D eigenvalue weighted by molar-refractivity contribution is -0.124. The van der Waals surface area contributed by atoms with Gasteiger partial charge in [0.1, 0.15) is 5.78 Å². The summed E-state index contributed by atoms with van der Waals surface area (Å²) >= 11 is 0. The summed E-state index contributed by atoms with van der Waals surface area (Å²) < 4.78 is 0. The summed E-state index contributed by atoms with van der Waals surface area (Å²) in [5.74, 6) is 0.361. The third-order valence-electron chi connectivity index (χ3n) is 4.10. The summed E-state index contributed by atoms with van der Waals surface area (Å²) in [6, 6.07) is 10.8. The predicted octanol–water partition coefficient (Wildman–Crippen LogP) is 2.88. The Morgan fingerprint density at radius 1 is 1.17 bits per heavy atom. The van der Waals surface area contributed by atoms with Crippen LogP contribution in [-0.4, -0.2) is 23.3 Å². The molecule has 2 heterocycles. The summed E-state index contributed by atoms with van der Waals surface area (Å²) in [6.07, 6.45) is 2.29. The number of nitrogens with zero attached hydrogens (tertiary/aromatic N) is 1. The average Bonchev–Trinajstić information content (AvgIpc) is 2.81. The van der Waals surface area contributed by atoms with E-state index >= 15 is 0 Å². The van der Waals surface area contributed by atoms with Gasteiger partial charge in [-0.15, -0.1) is 5.73 Å². The lowest BCUT2D eigenvalue weighted by Crippen LogP contribution is -2.41. The van der Waals surface area contributed by atoms with E-state index in [9.17, 15) is 4.79 Å². The second kappa shape index (κ2) is 4.56. The highest BCUT2D eigenvalue weighted by atomic mass is 16.1. The number of fused-ring (bicyclic) bond motifs is 1. The zero-order valence-electron chi connectivity index (χ0n) is 10.4. The summed E-state index contributed by atoms with van der Waals surface area (Å²) in [5, 5.41) is 0. The van der Waals surface area contributed by atoms with Crippen molar-refractivity contribution in [2.24, 2.45) is 0 Å². The van der Waals surface area contributed by atoms with Gasteiger partial charge in [0.25, 0.3) is 0 Å². The Balaban J connectivity index is 1.96. The van der Waals surface area contributed by atoms with Crippen LogP contribution in [-0.2, 0) is 4.79 Å². The molecule has 0 radical (unpaired) electrons. The first-order valence-corrected chi connectivity index (χ1v) is 6.51. The zero-order chi connectivity index (χ0) is 12.5. The summed E-state index contributed by atoms with van der Waals surface area (Å²) in [5.41, 5.74) is 5.49. The molecule has 0 saturated carbocycles. The van der Waals surface area contributed by atoms with E-state index in [1.807, 2.05) is 18.2 Å². The van der Waals surface area contributed by atoms with Gasteiger partial charge in [0.15, 0.2) is 0 Å². The van der Waals surface area contributed by atoms with Crippen LogP contribution >= 0.6 is 0 Å². The Morgan fingerprint density at radius 3 is 2.61 bits per heavy atom. The van der Waals surface area contributed by atoms with Crippen LogP contribution < -0.4 is 0 Å². The first-order valence-electron chi connectivity index (χ1n) is 6.51. The second-order valence-electron chi connectivity index (χ2n) is 5.08. The van der Waals surface area contributed by atoms with E-state index in [4.69, 9.17) is 0 Å². The molecule has 0 aromatic heterocycles. The SMILES string of the molecule is C=C=C1CCN2[C@@H]1CC(=O)C[C@@H]2c1ccccc1. The molecule has 2 aliphatic heterocycles. The number of carbonyl (C=O) groups is 1. The standard InChI is InChI=1S/C16H17NO/c1-2-12-8-9-17-15(12)10-14(18)11-16(17)13-6-4-3-5-7-13/h3-7,15-16H,1,8-11H2/t15-,16-/m1/s1. The molecular weight excluding hydrogens is 222 g/mol. The van der Waals surface area contributed by atoms with Crippen molar-refractivity contribution >= 4 is 5.78 Å². The van der Waals surface area contributed by atoms with E-state index in [2.05, 4.69) is 29.3 Å². The van der Waals surface area contributed by atoms with Crippen LogP contribution in [0.4, 0.5) is 0 Å². The number of Topliss-reactive ketones (excluding diaryl/α,β-unsaturated/α-hetero) is 1. The van der Waals surface area contributed by atoms with Gasteiger partial charge < -0.3 is 0 Å². The molecule has 18 heavy (non-hydrogen) atoms. The van der Waals surface area contributed by atoms with Crippen LogP contribution in [0.5, 0.6) is 0 Å². The number of benzene rings is 1. The molecule has 0 aliphatic carbocycles. The van der Waals surface area contributed by atoms with E-state index in [1.165, 1.54) is 11.1 Å². The Kier molecular flexibility index (Phi) is 2.91. The van der Waals surface area contributed by atoms with Gasteiger partial charge in [-0.2, -0.15) is 0 Å². The molecule has 0 N–H and O–H groups in total. The van der Waals surface area contributed by atoms with Crippen molar-refractivity contribution in [3.63, 3.8) is 0 Å². The molecule has 2 saturated heterocycles. The highest BCUT2D eigenvalue weighted by Gasteiger charge is 2.40. The molecule has 1 aromatic carbocycles. The van der Waals surface area contributed by atoms with Gasteiger partial charge in [-0.05, 0) is 17.6 Å². The fourth-order valence-electron chi connectivity index (χ4n) is 3.21. The van der Waals surface area contributed by atoms with Crippen LogP contribution in [0.3, 0.4) is 0 Å². The lowest BCUT2D eigenvalue weighted by Gasteiger charge is -2.37. The minimum atomic E-state index is 0.239. The normalized spacial score (nSPS) is 28.0. The summed E-state index contributed by atoms with van der Waals surface area (Å²) in [4.78, 5) is 14.4. The van der Waals surface area contributed by atoms with Crippen molar-refractivity contribution in [1.29, 1.82) is 0 Å². The van der Waals surface area contributed by atoms with Gasteiger partial charge in [-0.3, -0.25) is 9.69 Å². The number of ketones is 1. The molecule has 0 unspecified atom stereocenters. The fraction of sp³-hybridized carbons (Fsp3) is 0.375. The predicted molar refractivity (Wildman–Crippen MR) is 71.2 cm³/mol. The molecule has 2 heteroatoms. The molecule has 3 rings (SSSR count). The largest absolute Gasteiger partial charge is 0.300 e. The molecule has 92 valence electrons.